The van der Waals surface area contributed by atoms with Crippen molar-refractivity contribution in [1.82, 2.24) is 9.97 Å². The summed E-state index contributed by atoms with van der Waals surface area (Å²) in [5, 5.41) is 11.0. The highest BCUT2D eigenvalue weighted by Crippen LogP contribution is 2.27. The van der Waals surface area contributed by atoms with Crippen LogP contribution in [0.1, 0.15) is 4.88 Å². The highest BCUT2D eigenvalue weighted by atomic mass is 32.1. The molecule has 3 nitrogen and oxygen atoms in total. The summed E-state index contributed by atoms with van der Waals surface area (Å²) in [6.45, 7) is 0.0457. The average Bonchev–Trinajstić information content (AvgIpc) is 2.95. The predicted molar refractivity (Wildman–Crippen MR) is 64.2 cm³/mol. The summed E-state index contributed by atoms with van der Waals surface area (Å²) in [5.41, 5.74) is 1.96. The molecule has 4 heteroatoms. The fourth-order valence-electron chi connectivity index (χ4n) is 1.63. The van der Waals surface area contributed by atoms with Gasteiger partial charge in [0.15, 0.2) is 0 Å². The van der Waals surface area contributed by atoms with Crippen LogP contribution in [-0.2, 0) is 6.61 Å². The molecule has 0 unspecified atom stereocenters. The van der Waals surface area contributed by atoms with Gasteiger partial charge in [0, 0.05) is 17.6 Å². The fourth-order valence-corrected chi connectivity index (χ4v) is 2.37. The van der Waals surface area contributed by atoms with Crippen LogP contribution in [-0.4, -0.2) is 15.1 Å². The monoisotopic (exact) mass is 229 g/mol. The Hall–Kier alpha value is -1.65. The number of fused-ring (bicyclic) bond motifs is 1. The molecule has 3 aromatic rings. The molecule has 0 bridgehead atoms. The van der Waals surface area contributed by atoms with Gasteiger partial charge >= 0.3 is 0 Å². The number of aliphatic hydroxyl groups is 1. The van der Waals surface area contributed by atoms with E-state index in [1.165, 1.54) is 11.3 Å². The Morgan fingerprint density at radius 2 is 2.44 bits per heavy atom. The van der Waals surface area contributed by atoms with Crippen LogP contribution in [0.4, 0.5) is 0 Å². The van der Waals surface area contributed by atoms with Gasteiger partial charge in [-0.2, -0.15) is 0 Å². The lowest BCUT2D eigenvalue weighted by molar-refractivity contribution is 0.285. The molecular weight excluding hydrogens is 220 g/mol. The van der Waals surface area contributed by atoms with E-state index >= 15 is 0 Å². The van der Waals surface area contributed by atoms with Gasteiger partial charge < -0.3 is 10.1 Å². The third kappa shape index (κ3) is 1.52. The van der Waals surface area contributed by atoms with Crippen LogP contribution >= 0.6 is 11.3 Å². The van der Waals surface area contributed by atoms with Gasteiger partial charge in [-0.3, -0.25) is 0 Å². The van der Waals surface area contributed by atoms with Crippen molar-refractivity contribution in [3.05, 3.63) is 41.4 Å². The number of hydrogen-bond donors (Lipinski definition) is 2. The van der Waals surface area contributed by atoms with E-state index in [4.69, 9.17) is 5.11 Å². The molecule has 79 valence electrons. The van der Waals surface area contributed by atoms with Gasteiger partial charge in [-0.25, -0.2) is 4.98 Å². The van der Waals surface area contributed by atoms with E-state index in [1.54, 1.807) is 6.20 Å². The predicted octanol–water partition coefficient (Wildman–Crippen LogP) is 2.58. The smallest absolute Gasteiger partial charge is 0.139 e. The minimum atomic E-state index is 0.0457. The summed E-state index contributed by atoms with van der Waals surface area (Å²) in [6, 6.07) is 11.1. The largest absolute Gasteiger partial charge is 0.391 e. The highest BCUT2D eigenvalue weighted by Gasteiger charge is 2.07. The van der Waals surface area contributed by atoms with Crippen molar-refractivity contribution in [2.45, 2.75) is 6.61 Å². The molecule has 0 atom stereocenters. The minimum absolute atomic E-state index is 0.0457. The van der Waals surface area contributed by atoms with E-state index in [1.807, 2.05) is 24.3 Å². The minimum Gasteiger partial charge on any atom is -0.391 e. The number of thiazole rings is 1. The topological polar surface area (TPSA) is 48.9 Å². The molecule has 0 fully saturated rings. The molecule has 0 aliphatic carbocycles. The fraction of sp³-hybridized carbons (Fsp3) is 0.0833. The third-order valence-corrected chi connectivity index (χ3v) is 3.40. The van der Waals surface area contributed by atoms with Crippen molar-refractivity contribution >= 4 is 22.2 Å². The molecular formula is C12H9N2OS. The van der Waals surface area contributed by atoms with Crippen molar-refractivity contribution < 1.29 is 5.11 Å². The molecule has 0 aliphatic rings. The summed E-state index contributed by atoms with van der Waals surface area (Å²) in [6.07, 6.45) is 1.70. The second-order valence-electron chi connectivity index (χ2n) is 3.47. The number of aromatic amines is 1. The summed E-state index contributed by atoms with van der Waals surface area (Å²) in [7, 11) is 0. The number of aliphatic hydroxyl groups excluding tert-OH is 1. The maximum atomic E-state index is 8.99. The molecule has 2 N–H and O–H groups in total. The summed E-state index contributed by atoms with van der Waals surface area (Å²) < 4.78 is 0. The molecule has 0 saturated heterocycles. The Morgan fingerprint density at radius 1 is 1.50 bits per heavy atom. The van der Waals surface area contributed by atoms with Crippen molar-refractivity contribution in [2.24, 2.45) is 0 Å². The standard InChI is InChI=1S/C12H9N2OS/c15-7-9-6-13-12(16-9)11-5-8-3-1-2-4-10(8)14-11/h1-3,5-6,14-15H,7H2. The van der Waals surface area contributed by atoms with Gasteiger partial charge in [0.25, 0.3) is 0 Å². The maximum absolute atomic E-state index is 8.99. The molecule has 2 heterocycles. The van der Waals surface area contributed by atoms with Gasteiger partial charge in [0.2, 0.25) is 0 Å². The lowest BCUT2D eigenvalue weighted by atomic mass is 10.2. The molecule has 3 rings (SSSR count). The van der Waals surface area contributed by atoms with Crippen molar-refractivity contribution in [3.8, 4) is 10.7 Å². The number of H-pyrrole nitrogens is 1. The number of rotatable bonds is 2. The van der Waals surface area contributed by atoms with Gasteiger partial charge in [-0.05, 0) is 6.07 Å². The van der Waals surface area contributed by atoms with Gasteiger partial charge in [-0.1, -0.05) is 18.2 Å². The van der Waals surface area contributed by atoms with Crippen molar-refractivity contribution in [3.63, 3.8) is 0 Å². The first kappa shape index (κ1) is 9.57. The van der Waals surface area contributed by atoms with Gasteiger partial charge in [-0.15, -0.1) is 11.3 Å². The Kier molecular flexibility index (Phi) is 2.23. The van der Waals surface area contributed by atoms with Crippen LogP contribution in [0.3, 0.4) is 0 Å². The molecule has 1 aromatic carbocycles. The first-order chi connectivity index (χ1) is 7.86. The van der Waals surface area contributed by atoms with E-state index in [9.17, 15) is 0 Å². The average molecular weight is 229 g/mol. The van der Waals surface area contributed by atoms with E-state index in [2.05, 4.69) is 16.0 Å². The normalized spacial score (nSPS) is 11.1. The first-order valence-corrected chi connectivity index (χ1v) is 5.74. The van der Waals surface area contributed by atoms with Crippen LogP contribution in [0, 0.1) is 6.07 Å². The SMILES string of the molecule is OCc1cnc(-c2cc3ccc[c]c3[nH]2)s1. The number of hydrogen-bond acceptors (Lipinski definition) is 3. The zero-order valence-corrected chi connectivity index (χ0v) is 9.21. The molecule has 16 heavy (non-hydrogen) atoms. The highest BCUT2D eigenvalue weighted by molar-refractivity contribution is 7.14. The van der Waals surface area contributed by atoms with Crippen LogP contribution < -0.4 is 0 Å². The Morgan fingerprint density at radius 3 is 3.19 bits per heavy atom. The third-order valence-electron chi connectivity index (χ3n) is 2.39. The Balaban J connectivity index is 2.11. The Labute approximate surface area is 96.4 Å². The van der Waals surface area contributed by atoms with E-state index < -0.39 is 0 Å². The Bertz CT molecular complexity index is 594. The zero-order valence-electron chi connectivity index (χ0n) is 8.40. The van der Waals surface area contributed by atoms with Crippen molar-refractivity contribution in [1.29, 1.82) is 0 Å². The number of benzene rings is 1. The molecule has 0 amide bonds. The zero-order chi connectivity index (χ0) is 11.0. The van der Waals surface area contributed by atoms with E-state index in [0.717, 1.165) is 26.5 Å². The second kappa shape index (κ2) is 3.73. The summed E-state index contributed by atoms with van der Waals surface area (Å²) in [4.78, 5) is 8.40. The molecule has 0 spiro atoms. The van der Waals surface area contributed by atoms with Gasteiger partial charge in [0.05, 0.1) is 22.7 Å². The van der Waals surface area contributed by atoms with E-state index in [-0.39, 0.29) is 6.61 Å². The number of nitrogens with zero attached hydrogens (tertiary/aromatic N) is 1. The van der Waals surface area contributed by atoms with Crippen LogP contribution in [0.25, 0.3) is 21.6 Å². The quantitative estimate of drug-likeness (QED) is 0.709. The van der Waals surface area contributed by atoms with Crippen molar-refractivity contribution in [2.75, 3.05) is 0 Å². The van der Waals surface area contributed by atoms with Gasteiger partial charge in [0.1, 0.15) is 5.01 Å². The number of para-hydroxylation sites is 1. The number of nitrogens with one attached hydrogen (secondary N) is 1. The van der Waals surface area contributed by atoms with E-state index in [0.29, 0.717) is 0 Å². The second-order valence-corrected chi connectivity index (χ2v) is 4.59. The molecule has 0 saturated carbocycles. The summed E-state index contributed by atoms with van der Waals surface area (Å²) >= 11 is 1.49. The summed E-state index contributed by atoms with van der Waals surface area (Å²) in [5.74, 6) is 0. The molecule has 1 radical (unpaired) electrons. The lowest BCUT2D eigenvalue weighted by Gasteiger charge is -1.87. The molecule has 2 aromatic heterocycles. The number of aromatic nitrogens is 2. The maximum Gasteiger partial charge on any atom is 0.139 e. The first-order valence-electron chi connectivity index (χ1n) is 4.92. The lowest BCUT2D eigenvalue weighted by Crippen LogP contribution is -1.72. The molecule has 0 aliphatic heterocycles. The van der Waals surface area contributed by atoms with Crippen LogP contribution in [0.5, 0.6) is 0 Å². The van der Waals surface area contributed by atoms with Crippen LogP contribution in [0.2, 0.25) is 0 Å². The van der Waals surface area contributed by atoms with Crippen LogP contribution in [0.15, 0.2) is 30.5 Å².